The summed E-state index contributed by atoms with van der Waals surface area (Å²) in [5.74, 6) is 0.462. The maximum atomic E-state index is 12.2. The lowest BCUT2D eigenvalue weighted by atomic mass is 10.1. The molecule has 1 saturated carbocycles. The van der Waals surface area contributed by atoms with E-state index in [1.807, 2.05) is 13.1 Å². The highest BCUT2D eigenvalue weighted by Crippen LogP contribution is 2.42. The van der Waals surface area contributed by atoms with E-state index in [1.165, 1.54) is 4.88 Å². The fraction of sp³-hybridized carbons (Fsp3) is 0.357. The summed E-state index contributed by atoms with van der Waals surface area (Å²) in [6.07, 6.45) is 7.45. The van der Waals surface area contributed by atoms with Gasteiger partial charge in [0.2, 0.25) is 0 Å². The number of carbonyl (C=O) groups is 1. The molecule has 2 heterocycles. The van der Waals surface area contributed by atoms with E-state index < -0.39 is 0 Å². The number of nitrogens with one attached hydrogen (secondary N) is 1. The summed E-state index contributed by atoms with van der Waals surface area (Å²) in [5, 5.41) is 4.11. The van der Waals surface area contributed by atoms with Crippen LogP contribution in [0.15, 0.2) is 30.7 Å². The van der Waals surface area contributed by atoms with E-state index in [0.717, 1.165) is 17.8 Å². The largest absolute Gasteiger partial charge is 0.342 e. The van der Waals surface area contributed by atoms with Gasteiger partial charge in [-0.1, -0.05) is 0 Å². The Labute approximate surface area is 115 Å². The number of aryl methyl sites for hydroxylation is 1. The number of hydrogen-bond donors (Lipinski definition) is 1. The lowest BCUT2D eigenvalue weighted by Gasteiger charge is -2.15. The van der Waals surface area contributed by atoms with Gasteiger partial charge in [0.05, 0.1) is 11.6 Å². The van der Waals surface area contributed by atoms with E-state index in [9.17, 15) is 4.79 Å². The van der Waals surface area contributed by atoms with Gasteiger partial charge < -0.3 is 5.32 Å². The number of pyridine rings is 1. The Bertz CT molecular complexity index is 577. The van der Waals surface area contributed by atoms with Gasteiger partial charge in [0, 0.05) is 23.5 Å². The van der Waals surface area contributed by atoms with E-state index in [-0.39, 0.29) is 11.9 Å². The molecule has 0 aromatic carbocycles. The van der Waals surface area contributed by atoms with Crippen LogP contribution in [-0.4, -0.2) is 15.9 Å². The number of carbonyl (C=O) groups excluding carboxylic acids is 1. The van der Waals surface area contributed by atoms with Crippen LogP contribution < -0.4 is 5.32 Å². The smallest absolute Gasteiger partial charge is 0.253 e. The molecule has 2 aromatic rings. The van der Waals surface area contributed by atoms with Crippen LogP contribution >= 0.6 is 11.3 Å². The Hall–Kier alpha value is -1.75. The normalized spacial score (nSPS) is 16.1. The zero-order chi connectivity index (χ0) is 13.2. The number of hydrogen-bond acceptors (Lipinski definition) is 4. The number of rotatable bonds is 4. The Morgan fingerprint density at radius 1 is 1.47 bits per heavy atom. The molecule has 1 fully saturated rings. The van der Waals surface area contributed by atoms with E-state index in [4.69, 9.17) is 0 Å². The van der Waals surface area contributed by atoms with Gasteiger partial charge >= 0.3 is 0 Å². The van der Waals surface area contributed by atoms with Crippen LogP contribution in [0.25, 0.3) is 0 Å². The van der Waals surface area contributed by atoms with Crippen molar-refractivity contribution in [3.05, 3.63) is 46.2 Å². The van der Waals surface area contributed by atoms with E-state index in [2.05, 4.69) is 15.3 Å². The van der Waals surface area contributed by atoms with Crippen molar-refractivity contribution in [2.24, 2.45) is 5.92 Å². The first-order valence-electron chi connectivity index (χ1n) is 6.37. The molecule has 0 saturated heterocycles. The van der Waals surface area contributed by atoms with Gasteiger partial charge in [-0.15, -0.1) is 11.3 Å². The number of nitrogens with zero attached hydrogens (tertiary/aromatic N) is 2. The minimum atomic E-state index is -0.0714. The SMILES string of the molecule is Cc1cnc(C(NC(=O)c2cccnc2)C2CC2)s1. The van der Waals surface area contributed by atoms with E-state index in [0.29, 0.717) is 11.5 Å². The highest BCUT2D eigenvalue weighted by atomic mass is 32.1. The van der Waals surface area contributed by atoms with Gasteiger partial charge in [-0.3, -0.25) is 9.78 Å². The van der Waals surface area contributed by atoms with Crippen molar-refractivity contribution in [3.8, 4) is 0 Å². The average Bonchev–Trinajstić information content (AvgIpc) is 3.19. The second-order valence-corrected chi connectivity index (χ2v) is 6.11. The Morgan fingerprint density at radius 3 is 2.89 bits per heavy atom. The molecule has 1 aliphatic carbocycles. The molecule has 5 heteroatoms. The van der Waals surface area contributed by atoms with Crippen molar-refractivity contribution in [2.75, 3.05) is 0 Å². The molecule has 0 radical (unpaired) electrons. The summed E-state index contributed by atoms with van der Waals surface area (Å²) in [6, 6.07) is 3.60. The summed E-state index contributed by atoms with van der Waals surface area (Å²) >= 11 is 1.66. The first kappa shape index (κ1) is 12.3. The van der Waals surface area contributed by atoms with Gasteiger partial charge in [-0.2, -0.15) is 0 Å². The van der Waals surface area contributed by atoms with Crippen molar-refractivity contribution in [2.45, 2.75) is 25.8 Å². The fourth-order valence-electron chi connectivity index (χ4n) is 2.05. The van der Waals surface area contributed by atoms with Crippen LogP contribution in [0.2, 0.25) is 0 Å². The maximum Gasteiger partial charge on any atom is 0.253 e. The second-order valence-electron chi connectivity index (χ2n) is 4.84. The van der Waals surface area contributed by atoms with Gasteiger partial charge in [-0.05, 0) is 37.8 Å². The van der Waals surface area contributed by atoms with Crippen LogP contribution in [0.5, 0.6) is 0 Å². The summed E-state index contributed by atoms with van der Waals surface area (Å²) < 4.78 is 0. The third-order valence-electron chi connectivity index (χ3n) is 3.21. The van der Waals surface area contributed by atoms with Crippen LogP contribution in [0.3, 0.4) is 0 Å². The monoisotopic (exact) mass is 273 g/mol. The fourth-order valence-corrected chi connectivity index (χ4v) is 2.97. The summed E-state index contributed by atoms with van der Waals surface area (Å²) in [7, 11) is 0. The molecule has 1 amide bonds. The van der Waals surface area contributed by atoms with Crippen LogP contribution in [0, 0.1) is 12.8 Å². The molecule has 4 nitrogen and oxygen atoms in total. The summed E-state index contributed by atoms with van der Waals surface area (Å²) in [4.78, 5) is 21.8. The first-order valence-corrected chi connectivity index (χ1v) is 7.19. The molecule has 98 valence electrons. The van der Waals surface area contributed by atoms with Crippen molar-refractivity contribution >= 4 is 17.2 Å². The first-order chi connectivity index (χ1) is 9.24. The van der Waals surface area contributed by atoms with Crippen molar-refractivity contribution in [1.29, 1.82) is 0 Å². The molecule has 1 atom stereocenters. The van der Waals surface area contributed by atoms with E-state index >= 15 is 0 Å². The zero-order valence-electron chi connectivity index (χ0n) is 10.7. The molecular weight excluding hydrogens is 258 g/mol. The van der Waals surface area contributed by atoms with Crippen molar-refractivity contribution in [3.63, 3.8) is 0 Å². The molecule has 2 aromatic heterocycles. The molecular formula is C14H15N3OS. The van der Waals surface area contributed by atoms with Gasteiger partial charge in [-0.25, -0.2) is 4.98 Å². The van der Waals surface area contributed by atoms with Crippen molar-refractivity contribution in [1.82, 2.24) is 15.3 Å². The second kappa shape index (κ2) is 5.09. The summed E-state index contributed by atoms with van der Waals surface area (Å²) in [6.45, 7) is 2.04. The number of thiazole rings is 1. The van der Waals surface area contributed by atoms with E-state index in [1.54, 1.807) is 35.9 Å². The van der Waals surface area contributed by atoms with Crippen LogP contribution in [0.1, 0.15) is 39.1 Å². The van der Waals surface area contributed by atoms with Crippen molar-refractivity contribution < 1.29 is 4.79 Å². The molecule has 19 heavy (non-hydrogen) atoms. The summed E-state index contributed by atoms with van der Waals surface area (Å²) in [5.41, 5.74) is 0.599. The minimum Gasteiger partial charge on any atom is -0.342 e. The molecule has 1 unspecified atom stereocenters. The standard InChI is InChI=1S/C14H15N3OS/c1-9-7-16-14(19-9)12(10-4-5-10)17-13(18)11-3-2-6-15-8-11/h2-3,6-8,10,12H,4-5H2,1H3,(H,17,18). The third kappa shape index (κ3) is 2.81. The van der Waals surface area contributed by atoms with Gasteiger partial charge in [0.1, 0.15) is 5.01 Å². The Kier molecular flexibility index (Phi) is 3.29. The lowest BCUT2D eigenvalue weighted by Crippen LogP contribution is -2.29. The zero-order valence-corrected chi connectivity index (χ0v) is 11.5. The molecule has 0 aliphatic heterocycles. The molecule has 0 spiro atoms. The van der Waals surface area contributed by atoms with Gasteiger partial charge in [0.15, 0.2) is 0 Å². The predicted octanol–water partition coefficient (Wildman–Crippen LogP) is 2.73. The molecule has 3 rings (SSSR count). The average molecular weight is 273 g/mol. The predicted molar refractivity (Wildman–Crippen MR) is 74.0 cm³/mol. The number of aromatic nitrogens is 2. The Balaban J connectivity index is 1.77. The topological polar surface area (TPSA) is 54.9 Å². The number of amides is 1. The maximum absolute atomic E-state index is 12.2. The molecule has 0 bridgehead atoms. The van der Waals surface area contributed by atoms with Gasteiger partial charge in [0.25, 0.3) is 5.91 Å². The third-order valence-corrected chi connectivity index (χ3v) is 4.20. The Morgan fingerprint density at radius 2 is 2.32 bits per heavy atom. The highest BCUT2D eigenvalue weighted by molar-refractivity contribution is 7.11. The minimum absolute atomic E-state index is 0.0476. The highest BCUT2D eigenvalue weighted by Gasteiger charge is 2.35. The molecule has 1 aliphatic rings. The van der Waals surface area contributed by atoms with Crippen LogP contribution in [0.4, 0.5) is 0 Å². The quantitative estimate of drug-likeness (QED) is 0.932. The lowest BCUT2D eigenvalue weighted by molar-refractivity contribution is 0.0931. The van der Waals surface area contributed by atoms with Crippen LogP contribution in [-0.2, 0) is 0 Å². The molecule has 1 N–H and O–H groups in total.